The minimum atomic E-state index is 0.324. The van der Waals surface area contributed by atoms with Crippen LogP contribution in [-0.2, 0) is 6.54 Å². The van der Waals surface area contributed by atoms with Crippen LogP contribution in [-0.4, -0.2) is 16.0 Å². The van der Waals surface area contributed by atoms with Crippen LogP contribution in [0.1, 0.15) is 63.1 Å². The zero-order valence-electron chi connectivity index (χ0n) is 17.0. The monoisotopic (exact) mass is 427 g/mol. The van der Waals surface area contributed by atoms with E-state index in [1.54, 1.807) is 0 Å². The predicted molar refractivity (Wildman–Crippen MR) is 123 cm³/mol. The minimum Gasteiger partial charge on any atom is -0.333 e. The number of para-hydroxylation sites is 1. The zero-order valence-corrected chi connectivity index (χ0v) is 18.5. The van der Waals surface area contributed by atoms with Crippen molar-refractivity contribution in [1.82, 2.24) is 9.97 Å². The zero-order chi connectivity index (χ0) is 20.4. The van der Waals surface area contributed by atoms with E-state index in [-0.39, 0.29) is 0 Å². The molecule has 4 rings (SSSR count). The Morgan fingerprint density at radius 2 is 1.76 bits per heavy atom. The van der Waals surface area contributed by atoms with Crippen molar-refractivity contribution in [3.8, 4) is 0 Å². The third-order valence-electron chi connectivity index (χ3n) is 5.79. The molecule has 0 spiro atoms. The van der Waals surface area contributed by atoms with Crippen LogP contribution in [0.4, 0.5) is 5.95 Å². The van der Waals surface area contributed by atoms with Gasteiger partial charge in [0, 0.05) is 28.0 Å². The van der Waals surface area contributed by atoms with E-state index in [1.807, 2.05) is 24.3 Å². The van der Waals surface area contributed by atoms with Crippen LogP contribution in [0.3, 0.4) is 0 Å². The molecule has 3 nitrogen and oxygen atoms in total. The maximum Gasteiger partial charge on any atom is 0.226 e. The Balaban J connectivity index is 1.81. The van der Waals surface area contributed by atoms with E-state index in [0.717, 1.165) is 46.0 Å². The number of hydrogen-bond donors (Lipinski definition) is 0. The molecule has 2 aromatic carbocycles. The van der Waals surface area contributed by atoms with E-state index in [2.05, 4.69) is 36.9 Å². The lowest BCUT2D eigenvalue weighted by Gasteiger charge is -2.35. The van der Waals surface area contributed by atoms with E-state index in [9.17, 15) is 0 Å². The summed E-state index contributed by atoms with van der Waals surface area (Å²) in [6, 6.07) is 14.4. The summed E-state index contributed by atoms with van der Waals surface area (Å²) in [7, 11) is 0. The molecule has 0 amide bonds. The van der Waals surface area contributed by atoms with Gasteiger partial charge in [-0.1, -0.05) is 74.5 Å². The first-order valence-corrected chi connectivity index (χ1v) is 11.3. The number of aromatic nitrogens is 2. The number of nitrogens with zero attached hydrogens (tertiary/aromatic N) is 3. The normalized spacial score (nSPS) is 15.2. The summed E-state index contributed by atoms with van der Waals surface area (Å²) in [6.45, 7) is 5.05. The molecule has 1 aliphatic rings. The summed E-state index contributed by atoms with van der Waals surface area (Å²) in [5, 5.41) is 2.58. The summed E-state index contributed by atoms with van der Waals surface area (Å²) >= 11 is 12.8. The summed E-state index contributed by atoms with van der Waals surface area (Å²) < 4.78 is 0. The van der Waals surface area contributed by atoms with E-state index in [4.69, 9.17) is 33.2 Å². The molecule has 3 aromatic rings. The number of rotatable bonds is 5. The lowest BCUT2D eigenvalue weighted by molar-refractivity contribution is 0.409. The molecule has 1 heterocycles. The van der Waals surface area contributed by atoms with Crippen LogP contribution in [0, 0.1) is 0 Å². The molecule has 0 atom stereocenters. The fourth-order valence-corrected chi connectivity index (χ4v) is 4.63. The Kier molecular flexibility index (Phi) is 6.26. The Morgan fingerprint density at radius 3 is 2.52 bits per heavy atom. The number of hydrogen-bond acceptors (Lipinski definition) is 3. The first-order chi connectivity index (χ1) is 14.0. The highest BCUT2D eigenvalue weighted by atomic mass is 35.5. The minimum absolute atomic E-state index is 0.324. The summed E-state index contributed by atoms with van der Waals surface area (Å²) in [6.07, 6.45) is 6.11. The second-order valence-electron chi connectivity index (χ2n) is 8.24. The Bertz CT molecular complexity index is 997. The highest BCUT2D eigenvalue weighted by Gasteiger charge is 2.25. The summed E-state index contributed by atoms with van der Waals surface area (Å²) in [5.74, 6) is 1.12. The van der Waals surface area contributed by atoms with Crippen molar-refractivity contribution in [3.05, 3.63) is 63.8 Å². The van der Waals surface area contributed by atoms with E-state index >= 15 is 0 Å². The molecule has 0 bridgehead atoms. The highest BCUT2D eigenvalue weighted by molar-refractivity contribution is 6.33. The van der Waals surface area contributed by atoms with Gasteiger partial charge in [-0.15, -0.1) is 0 Å². The molecule has 0 aliphatic heterocycles. The fourth-order valence-electron chi connectivity index (χ4n) is 4.26. The molecule has 0 unspecified atom stereocenters. The predicted octanol–water partition coefficient (Wildman–Crippen LogP) is 7.40. The molecule has 0 saturated heterocycles. The first-order valence-electron chi connectivity index (χ1n) is 10.5. The Hall–Kier alpha value is -1.84. The molecule has 152 valence electrons. The van der Waals surface area contributed by atoms with Gasteiger partial charge in [0.1, 0.15) is 0 Å². The highest BCUT2D eigenvalue weighted by Crippen LogP contribution is 2.32. The van der Waals surface area contributed by atoms with Gasteiger partial charge in [0.25, 0.3) is 0 Å². The average Bonchev–Trinajstić information content (AvgIpc) is 2.74. The molecular weight excluding hydrogens is 401 g/mol. The van der Waals surface area contributed by atoms with Gasteiger partial charge in [-0.2, -0.15) is 0 Å². The molecule has 0 N–H and O–H groups in total. The first kappa shape index (κ1) is 20.4. The third-order valence-corrected chi connectivity index (χ3v) is 6.39. The number of fused-ring (bicyclic) bond motifs is 1. The van der Waals surface area contributed by atoms with Crippen LogP contribution in [0.15, 0.2) is 42.5 Å². The lowest BCUT2D eigenvalue weighted by atomic mass is 9.94. The van der Waals surface area contributed by atoms with Gasteiger partial charge in [-0.3, -0.25) is 0 Å². The number of benzene rings is 2. The topological polar surface area (TPSA) is 29.0 Å². The van der Waals surface area contributed by atoms with Gasteiger partial charge < -0.3 is 4.90 Å². The largest absolute Gasteiger partial charge is 0.333 e. The molecule has 29 heavy (non-hydrogen) atoms. The van der Waals surface area contributed by atoms with Crippen molar-refractivity contribution >= 4 is 40.1 Å². The molecule has 1 saturated carbocycles. The molecular formula is C24H27Cl2N3. The van der Waals surface area contributed by atoms with Gasteiger partial charge in [0.05, 0.1) is 11.2 Å². The van der Waals surface area contributed by atoms with E-state index in [0.29, 0.717) is 23.5 Å². The van der Waals surface area contributed by atoms with E-state index < -0.39 is 0 Å². The Morgan fingerprint density at radius 1 is 1.00 bits per heavy atom. The summed E-state index contributed by atoms with van der Waals surface area (Å²) in [5.41, 5.74) is 3.12. The molecule has 5 heteroatoms. The standard InChI is InChI=1S/C24H27Cl2N3/c1-16(2)23-20-10-6-7-11-22(20)27-24(28-23)29(19-8-4-3-5-9-19)15-17-14-18(25)12-13-21(17)26/h6-7,10-14,16,19H,3-5,8-9,15H2,1-2H3. The van der Waals surface area contributed by atoms with Crippen LogP contribution in [0.5, 0.6) is 0 Å². The van der Waals surface area contributed by atoms with Crippen molar-refractivity contribution in [2.45, 2.75) is 64.5 Å². The maximum absolute atomic E-state index is 6.52. The lowest BCUT2D eigenvalue weighted by Crippen LogP contribution is -2.38. The average molecular weight is 428 g/mol. The fraction of sp³-hybridized carbons (Fsp3) is 0.417. The second-order valence-corrected chi connectivity index (χ2v) is 9.08. The smallest absolute Gasteiger partial charge is 0.226 e. The van der Waals surface area contributed by atoms with Crippen molar-refractivity contribution in [1.29, 1.82) is 0 Å². The van der Waals surface area contributed by atoms with Crippen molar-refractivity contribution < 1.29 is 0 Å². The quantitative estimate of drug-likeness (QED) is 0.424. The van der Waals surface area contributed by atoms with Gasteiger partial charge in [0.15, 0.2) is 0 Å². The molecule has 1 fully saturated rings. The molecule has 1 aromatic heterocycles. The number of anilines is 1. The van der Waals surface area contributed by atoms with Crippen LogP contribution >= 0.6 is 23.2 Å². The molecule has 1 aliphatic carbocycles. The van der Waals surface area contributed by atoms with Gasteiger partial charge in [-0.05, 0) is 48.6 Å². The third kappa shape index (κ3) is 4.51. The van der Waals surface area contributed by atoms with Crippen molar-refractivity contribution in [3.63, 3.8) is 0 Å². The summed E-state index contributed by atoms with van der Waals surface area (Å²) in [4.78, 5) is 12.4. The second kappa shape index (κ2) is 8.89. The van der Waals surface area contributed by atoms with Gasteiger partial charge >= 0.3 is 0 Å². The van der Waals surface area contributed by atoms with Crippen LogP contribution in [0.25, 0.3) is 10.9 Å². The van der Waals surface area contributed by atoms with Gasteiger partial charge in [-0.25, -0.2) is 9.97 Å². The number of halogens is 2. The van der Waals surface area contributed by atoms with Crippen molar-refractivity contribution in [2.75, 3.05) is 4.90 Å². The van der Waals surface area contributed by atoms with Crippen LogP contribution in [0.2, 0.25) is 10.0 Å². The molecule has 0 radical (unpaired) electrons. The van der Waals surface area contributed by atoms with E-state index in [1.165, 1.54) is 19.3 Å². The van der Waals surface area contributed by atoms with Crippen LogP contribution < -0.4 is 4.90 Å². The van der Waals surface area contributed by atoms with Gasteiger partial charge in [0.2, 0.25) is 5.95 Å². The van der Waals surface area contributed by atoms with Crippen molar-refractivity contribution in [2.24, 2.45) is 0 Å². The SMILES string of the molecule is CC(C)c1nc(N(Cc2cc(Cl)ccc2Cl)C2CCCCC2)nc2ccccc12. The Labute approximate surface area is 183 Å². The maximum atomic E-state index is 6.52.